The molecule has 0 spiro atoms. The minimum Gasteiger partial charge on any atom is -0.366 e. The van der Waals surface area contributed by atoms with Crippen LogP contribution in [0.4, 0.5) is 0 Å². The molecule has 134 valence electrons. The van der Waals surface area contributed by atoms with Gasteiger partial charge in [0, 0.05) is 19.1 Å². The highest BCUT2D eigenvalue weighted by molar-refractivity contribution is 5.85. The third-order valence-corrected chi connectivity index (χ3v) is 5.07. The average molecular weight is 361 g/mol. The standard InChI is InChI=1S/C20H24N2O2.ClH/c1-14(16-7-6-15-4-2-3-5-17(15)12-16)22(18-8-9-18)20(23)19-13-21-10-11-24-19;/h2-7,12,14,18-19,21H,8-11,13H2,1H3;1H/t14?,19-;/m1./s1. The number of benzene rings is 2. The van der Waals surface area contributed by atoms with E-state index in [9.17, 15) is 4.79 Å². The first-order valence-corrected chi connectivity index (χ1v) is 8.87. The van der Waals surface area contributed by atoms with Crippen molar-refractivity contribution in [2.45, 2.75) is 38.0 Å². The number of ether oxygens (including phenoxy) is 1. The second-order valence-electron chi connectivity index (χ2n) is 6.82. The maximum Gasteiger partial charge on any atom is 0.253 e. The number of hydrogen-bond acceptors (Lipinski definition) is 3. The molecule has 2 fully saturated rings. The van der Waals surface area contributed by atoms with Crippen LogP contribution in [0.25, 0.3) is 10.8 Å². The van der Waals surface area contributed by atoms with E-state index in [0.717, 1.165) is 19.4 Å². The fourth-order valence-electron chi connectivity index (χ4n) is 3.56. The molecule has 0 radical (unpaired) electrons. The summed E-state index contributed by atoms with van der Waals surface area (Å²) in [5, 5.41) is 5.72. The topological polar surface area (TPSA) is 41.6 Å². The molecular weight excluding hydrogens is 336 g/mol. The summed E-state index contributed by atoms with van der Waals surface area (Å²) in [4.78, 5) is 15.1. The van der Waals surface area contributed by atoms with Crippen LogP contribution in [-0.2, 0) is 9.53 Å². The van der Waals surface area contributed by atoms with E-state index in [2.05, 4.69) is 59.6 Å². The van der Waals surface area contributed by atoms with Gasteiger partial charge in [0.05, 0.1) is 12.6 Å². The van der Waals surface area contributed by atoms with Crippen LogP contribution in [0.15, 0.2) is 42.5 Å². The van der Waals surface area contributed by atoms with Gasteiger partial charge < -0.3 is 15.0 Å². The molecule has 1 N–H and O–H groups in total. The third kappa shape index (κ3) is 3.81. The normalized spacial score (nSPS) is 21.4. The van der Waals surface area contributed by atoms with Crippen molar-refractivity contribution in [1.82, 2.24) is 10.2 Å². The molecule has 1 saturated carbocycles. The number of morpholine rings is 1. The predicted octanol–water partition coefficient (Wildman–Crippen LogP) is 3.30. The summed E-state index contributed by atoms with van der Waals surface area (Å²) in [6.07, 6.45) is 1.86. The van der Waals surface area contributed by atoms with Gasteiger partial charge in [0.15, 0.2) is 0 Å². The minimum absolute atomic E-state index is 0. The van der Waals surface area contributed by atoms with Gasteiger partial charge in [-0.1, -0.05) is 36.4 Å². The molecule has 1 aliphatic carbocycles. The first-order chi connectivity index (χ1) is 11.7. The summed E-state index contributed by atoms with van der Waals surface area (Å²) in [7, 11) is 0. The lowest BCUT2D eigenvalue weighted by Gasteiger charge is -2.34. The lowest BCUT2D eigenvalue weighted by Crippen LogP contribution is -2.50. The Labute approximate surface area is 154 Å². The average Bonchev–Trinajstić information content (AvgIpc) is 3.47. The zero-order valence-corrected chi connectivity index (χ0v) is 15.3. The van der Waals surface area contributed by atoms with E-state index in [1.807, 2.05) is 0 Å². The lowest BCUT2D eigenvalue weighted by molar-refractivity contribution is -0.148. The summed E-state index contributed by atoms with van der Waals surface area (Å²) < 4.78 is 5.70. The van der Waals surface area contributed by atoms with Gasteiger partial charge in [0.2, 0.25) is 0 Å². The molecule has 4 nitrogen and oxygen atoms in total. The molecule has 0 aromatic heterocycles. The van der Waals surface area contributed by atoms with Crippen molar-refractivity contribution in [3.8, 4) is 0 Å². The zero-order chi connectivity index (χ0) is 16.5. The molecular formula is C20H25ClN2O2. The first kappa shape index (κ1) is 18.2. The number of hydrogen-bond donors (Lipinski definition) is 1. The number of carbonyl (C=O) groups is 1. The van der Waals surface area contributed by atoms with Crippen LogP contribution in [-0.4, -0.2) is 42.6 Å². The van der Waals surface area contributed by atoms with Crippen molar-refractivity contribution in [3.63, 3.8) is 0 Å². The van der Waals surface area contributed by atoms with Crippen LogP contribution in [0.2, 0.25) is 0 Å². The number of nitrogens with one attached hydrogen (secondary N) is 1. The molecule has 1 saturated heterocycles. The van der Waals surface area contributed by atoms with Gasteiger partial charge in [-0.2, -0.15) is 0 Å². The van der Waals surface area contributed by atoms with E-state index in [1.165, 1.54) is 16.3 Å². The van der Waals surface area contributed by atoms with E-state index >= 15 is 0 Å². The van der Waals surface area contributed by atoms with Crippen LogP contribution in [0.3, 0.4) is 0 Å². The van der Waals surface area contributed by atoms with Gasteiger partial charge in [-0.15, -0.1) is 12.4 Å². The lowest BCUT2D eigenvalue weighted by atomic mass is 10.0. The Morgan fingerprint density at radius 2 is 1.96 bits per heavy atom. The Morgan fingerprint density at radius 1 is 1.20 bits per heavy atom. The van der Waals surface area contributed by atoms with Crippen molar-refractivity contribution in [3.05, 3.63) is 48.0 Å². The molecule has 2 aromatic carbocycles. The summed E-state index contributed by atoms with van der Waals surface area (Å²) in [5.41, 5.74) is 1.19. The van der Waals surface area contributed by atoms with Crippen LogP contribution in [0.1, 0.15) is 31.4 Å². The molecule has 4 rings (SSSR count). The van der Waals surface area contributed by atoms with E-state index in [0.29, 0.717) is 19.2 Å². The summed E-state index contributed by atoms with van der Waals surface area (Å²) in [5.74, 6) is 0.130. The number of carbonyl (C=O) groups excluding carboxylic acids is 1. The monoisotopic (exact) mass is 360 g/mol. The molecule has 2 aliphatic rings. The Kier molecular flexibility index (Phi) is 5.62. The van der Waals surface area contributed by atoms with Crippen LogP contribution >= 0.6 is 12.4 Å². The SMILES string of the molecule is CC(c1ccc2ccccc2c1)N(C(=O)[C@H]1CNCCO1)C1CC1.Cl. The Hall–Kier alpha value is -1.62. The third-order valence-electron chi connectivity index (χ3n) is 5.07. The molecule has 5 heteroatoms. The number of amides is 1. The number of fused-ring (bicyclic) bond motifs is 1. The van der Waals surface area contributed by atoms with Gasteiger partial charge in [0.25, 0.3) is 5.91 Å². The van der Waals surface area contributed by atoms with E-state index in [-0.39, 0.29) is 30.5 Å². The van der Waals surface area contributed by atoms with Crippen molar-refractivity contribution in [2.75, 3.05) is 19.7 Å². The fourth-order valence-corrected chi connectivity index (χ4v) is 3.56. The molecule has 0 bridgehead atoms. The maximum atomic E-state index is 13.0. The number of halogens is 1. The first-order valence-electron chi connectivity index (χ1n) is 8.87. The van der Waals surface area contributed by atoms with Crippen molar-refractivity contribution >= 4 is 29.1 Å². The Morgan fingerprint density at radius 3 is 2.64 bits per heavy atom. The summed E-state index contributed by atoms with van der Waals surface area (Å²) in [6.45, 7) is 4.19. The molecule has 1 unspecified atom stereocenters. The molecule has 1 aliphatic heterocycles. The maximum absolute atomic E-state index is 13.0. The highest BCUT2D eigenvalue weighted by Crippen LogP contribution is 2.36. The van der Waals surface area contributed by atoms with E-state index in [1.54, 1.807) is 0 Å². The highest BCUT2D eigenvalue weighted by Gasteiger charge is 2.39. The second kappa shape index (κ2) is 7.73. The second-order valence-corrected chi connectivity index (χ2v) is 6.82. The van der Waals surface area contributed by atoms with Crippen LogP contribution < -0.4 is 5.32 Å². The summed E-state index contributed by atoms with van der Waals surface area (Å²) in [6, 6.07) is 15.3. The van der Waals surface area contributed by atoms with Crippen molar-refractivity contribution in [2.24, 2.45) is 0 Å². The number of rotatable bonds is 4. The smallest absolute Gasteiger partial charge is 0.253 e. The number of nitrogens with zero attached hydrogens (tertiary/aromatic N) is 1. The van der Waals surface area contributed by atoms with Gasteiger partial charge in [-0.25, -0.2) is 0 Å². The molecule has 2 atom stereocenters. The largest absolute Gasteiger partial charge is 0.366 e. The van der Waals surface area contributed by atoms with E-state index < -0.39 is 0 Å². The molecule has 2 aromatic rings. The molecule has 25 heavy (non-hydrogen) atoms. The minimum atomic E-state index is -0.345. The highest BCUT2D eigenvalue weighted by atomic mass is 35.5. The van der Waals surface area contributed by atoms with Gasteiger partial charge >= 0.3 is 0 Å². The van der Waals surface area contributed by atoms with E-state index in [4.69, 9.17) is 4.74 Å². The molecule has 1 heterocycles. The van der Waals surface area contributed by atoms with Gasteiger partial charge in [-0.3, -0.25) is 4.79 Å². The quantitative estimate of drug-likeness (QED) is 0.909. The van der Waals surface area contributed by atoms with Crippen LogP contribution in [0.5, 0.6) is 0 Å². The fraction of sp³-hybridized carbons (Fsp3) is 0.450. The van der Waals surface area contributed by atoms with Gasteiger partial charge in [0.1, 0.15) is 6.10 Å². The predicted molar refractivity (Wildman–Crippen MR) is 102 cm³/mol. The van der Waals surface area contributed by atoms with Crippen molar-refractivity contribution < 1.29 is 9.53 Å². The van der Waals surface area contributed by atoms with Crippen LogP contribution in [0, 0.1) is 0 Å². The Balaban J connectivity index is 0.00000182. The zero-order valence-electron chi connectivity index (χ0n) is 14.5. The summed E-state index contributed by atoms with van der Waals surface area (Å²) >= 11 is 0. The van der Waals surface area contributed by atoms with Crippen molar-refractivity contribution in [1.29, 1.82) is 0 Å². The Bertz CT molecular complexity index is 741. The molecule has 1 amide bonds. The van der Waals surface area contributed by atoms with Gasteiger partial charge in [-0.05, 0) is 42.2 Å².